The van der Waals surface area contributed by atoms with E-state index in [9.17, 15) is 0 Å². The number of hydrogen-bond acceptors (Lipinski definition) is 4. The highest BCUT2D eigenvalue weighted by Crippen LogP contribution is 2.26. The first-order chi connectivity index (χ1) is 12.6. The molecule has 1 atom stereocenters. The van der Waals surface area contributed by atoms with Gasteiger partial charge in [0, 0.05) is 49.5 Å². The Morgan fingerprint density at radius 1 is 1.30 bits per heavy atom. The molecule has 7 heteroatoms. The number of aryl methyl sites for hydroxylation is 1. The first-order valence-electron chi connectivity index (χ1n) is 9.82. The van der Waals surface area contributed by atoms with Crippen molar-refractivity contribution in [1.29, 1.82) is 0 Å². The van der Waals surface area contributed by atoms with Crippen LogP contribution in [0.1, 0.15) is 48.9 Å². The molecule has 1 unspecified atom stereocenters. The summed E-state index contributed by atoms with van der Waals surface area (Å²) in [5.74, 6) is 1.77. The van der Waals surface area contributed by atoms with Crippen molar-refractivity contribution in [2.24, 2.45) is 4.99 Å². The number of likely N-dealkylation sites (tertiary alicyclic amines) is 1. The van der Waals surface area contributed by atoms with Gasteiger partial charge in [0.2, 0.25) is 0 Å². The molecule has 152 valence electrons. The summed E-state index contributed by atoms with van der Waals surface area (Å²) in [4.78, 5) is 11.6. The number of rotatable bonds is 5. The molecule has 1 aromatic heterocycles. The number of aliphatic imine (C=N–C) groups is 1. The van der Waals surface area contributed by atoms with Crippen LogP contribution >= 0.6 is 24.0 Å². The molecule has 0 radical (unpaired) electrons. The van der Waals surface area contributed by atoms with Crippen LogP contribution in [0.25, 0.3) is 0 Å². The third kappa shape index (κ3) is 5.47. The fraction of sp³-hybridized carbons (Fsp3) is 0.700. The normalized spacial score (nSPS) is 21.2. The predicted molar refractivity (Wildman–Crippen MR) is 121 cm³/mol. The molecule has 2 N–H and O–H groups in total. The molecular formula is C20H34IN5O. The van der Waals surface area contributed by atoms with Gasteiger partial charge in [0.25, 0.3) is 0 Å². The van der Waals surface area contributed by atoms with Gasteiger partial charge in [-0.05, 0) is 33.1 Å². The lowest BCUT2D eigenvalue weighted by Crippen LogP contribution is -2.45. The molecule has 1 aromatic rings. The summed E-state index contributed by atoms with van der Waals surface area (Å²) in [5, 5.41) is 7.00. The highest BCUT2D eigenvalue weighted by molar-refractivity contribution is 14.0. The van der Waals surface area contributed by atoms with Crippen LogP contribution in [0.2, 0.25) is 0 Å². The van der Waals surface area contributed by atoms with E-state index < -0.39 is 0 Å². The third-order valence-electron chi connectivity index (χ3n) is 5.80. The summed E-state index contributed by atoms with van der Waals surface area (Å²) in [6.07, 6.45) is 8.60. The van der Waals surface area contributed by atoms with Crippen molar-refractivity contribution >= 4 is 29.9 Å². The van der Waals surface area contributed by atoms with Crippen LogP contribution in [0, 0.1) is 13.8 Å². The molecule has 2 aliphatic rings. The summed E-state index contributed by atoms with van der Waals surface area (Å²) in [6, 6.07) is 1.28. The van der Waals surface area contributed by atoms with Crippen molar-refractivity contribution in [2.75, 3.05) is 27.2 Å². The monoisotopic (exact) mass is 487 g/mol. The maximum Gasteiger partial charge on any atom is 0.191 e. The second kappa shape index (κ2) is 10.5. The van der Waals surface area contributed by atoms with Crippen LogP contribution in [0.15, 0.2) is 11.2 Å². The molecule has 1 aliphatic carbocycles. The van der Waals surface area contributed by atoms with Crippen LogP contribution in [0.4, 0.5) is 0 Å². The molecular weight excluding hydrogens is 453 g/mol. The smallest absolute Gasteiger partial charge is 0.191 e. The van der Waals surface area contributed by atoms with Gasteiger partial charge >= 0.3 is 0 Å². The van der Waals surface area contributed by atoms with E-state index in [0.717, 1.165) is 41.1 Å². The molecule has 1 aliphatic heterocycles. The lowest BCUT2D eigenvalue weighted by atomic mass is 10.1. The van der Waals surface area contributed by atoms with Crippen LogP contribution in [0.3, 0.4) is 0 Å². The maximum absolute atomic E-state index is 5.50. The summed E-state index contributed by atoms with van der Waals surface area (Å²) >= 11 is 0. The molecule has 0 aromatic carbocycles. The molecule has 0 spiro atoms. The Hall–Kier alpha value is -1.09. The molecule has 6 nitrogen and oxygen atoms in total. The molecule has 3 rings (SSSR count). The molecule has 27 heavy (non-hydrogen) atoms. The Labute approximate surface area is 180 Å². The van der Waals surface area contributed by atoms with Crippen LogP contribution in [-0.2, 0) is 6.54 Å². The Balaban J connectivity index is 0.00000261. The third-order valence-corrected chi connectivity index (χ3v) is 5.80. The molecule has 0 amide bonds. The minimum Gasteiger partial charge on any atom is -0.496 e. The molecule has 2 heterocycles. The lowest BCUT2D eigenvalue weighted by Gasteiger charge is -2.24. The van der Waals surface area contributed by atoms with E-state index in [4.69, 9.17) is 4.74 Å². The first kappa shape index (κ1) is 22.2. The summed E-state index contributed by atoms with van der Waals surface area (Å²) in [6.45, 7) is 7.05. The number of aromatic nitrogens is 1. The number of nitrogens with zero attached hydrogens (tertiary/aromatic N) is 3. The van der Waals surface area contributed by atoms with Crippen LogP contribution < -0.4 is 15.4 Å². The van der Waals surface area contributed by atoms with Crippen molar-refractivity contribution < 1.29 is 4.74 Å². The SMILES string of the molecule is CN=C(NCc1ncc(C)c(OC)c1C)NC1CCN(C2CCCC2)C1.I. The van der Waals surface area contributed by atoms with Crippen LogP contribution in [-0.4, -0.2) is 55.2 Å². The topological polar surface area (TPSA) is 61.8 Å². The van der Waals surface area contributed by atoms with Crippen molar-refractivity contribution in [3.8, 4) is 5.75 Å². The number of ether oxygens (including phenoxy) is 1. The Morgan fingerprint density at radius 3 is 2.70 bits per heavy atom. The van der Waals surface area contributed by atoms with Gasteiger partial charge in [-0.1, -0.05) is 12.8 Å². The first-order valence-corrected chi connectivity index (χ1v) is 9.82. The van der Waals surface area contributed by atoms with E-state index in [1.54, 1.807) is 7.11 Å². The predicted octanol–water partition coefficient (Wildman–Crippen LogP) is 3.01. The zero-order valence-corrected chi connectivity index (χ0v) is 19.4. The van der Waals surface area contributed by atoms with Crippen molar-refractivity contribution in [3.63, 3.8) is 0 Å². The van der Waals surface area contributed by atoms with E-state index in [1.807, 2.05) is 20.2 Å². The van der Waals surface area contributed by atoms with Gasteiger partial charge in [-0.25, -0.2) is 0 Å². The standard InChI is InChI=1S/C20H33N5O.HI/c1-14-11-22-18(15(2)19(14)26-4)12-23-20(21-3)24-16-9-10-25(13-16)17-7-5-6-8-17;/h11,16-17H,5-10,12-13H2,1-4H3,(H2,21,23,24);1H. The van der Waals surface area contributed by atoms with Gasteiger partial charge in [0.1, 0.15) is 5.75 Å². The summed E-state index contributed by atoms with van der Waals surface area (Å²) < 4.78 is 5.50. The van der Waals surface area contributed by atoms with E-state index in [-0.39, 0.29) is 24.0 Å². The lowest BCUT2D eigenvalue weighted by molar-refractivity contribution is 0.242. The second-order valence-electron chi connectivity index (χ2n) is 7.54. The van der Waals surface area contributed by atoms with Gasteiger partial charge in [0.05, 0.1) is 19.3 Å². The largest absolute Gasteiger partial charge is 0.496 e. The number of pyridine rings is 1. The van der Waals surface area contributed by atoms with E-state index in [1.165, 1.54) is 38.6 Å². The highest BCUT2D eigenvalue weighted by atomic mass is 127. The van der Waals surface area contributed by atoms with Crippen LogP contribution in [0.5, 0.6) is 5.75 Å². The Kier molecular flexibility index (Phi) is 8.60. The zero-order valence-electron chi connectivity index (χ0n) is 17.0. The Bertz CT molecular complexity index is 646. The number of methoxy groups -OCH3 is 1. The van der Waals surface area contributed by atoms with Gasteiger partial charge in [0.15, 0.2) is 5.96 Å². The molecule has 1 saturated carbocycles. The maximum atomic E-state index is 5.50. The van der Waals surface area contributed by atoms with E-state index in [0.29, 0.717) is 12.6 Å². The average Bonchev–Trinajstić information content (AvgIpc) is 3.32. The summed E-state index contributed by atoms with van der Waals surface area (Å²) in [7, 11) is 3.54. The molecule has 1 saturated heterocycles. The number of nitrogens with one attached hydrogen (secondary N) is 2. The van der Waals surface area contributed by atoms with E-state index in [2.05, 4.69) is 32.4 Å². The van der Waals surface area contributed by atoms with E-state index >= 15 is 0 Å². The van der Waals surface area contributed by atoms with Gasteiger partial charge in [-0.2, -0.15) is 0 Å². The number of halogens is 1. The quantitative estimate of drug-likeness (QED) is 0.380. The van der Waals surface area contributed by atoms with Gasteiger partial charge in [-0.15, -0.1) is 24.0 Å². The Morgan fingerprint density at radius 2 is 2.04 bits per heavy atom. The fourth-order valence-corrected chi connectivity index (χ4v) is 4.31. The van der Waals surface area contributed by atoms with Crippen molar-refractivity contribution in [1.82, 2.24) is 20.5 Å². The highest BCUT2D eigenvalue weighted by Gasteiger charge is 2.30. The fourth-order valence-electron chi connectivity index (χ4n) is 4.31. The van der Waals surface area contributed by atoms with Crippen molar-refractivity contribution in [3.05, 3.63) is 23.0 Å². The van der Waals surface area contributed by atoms with Crippen molar-refractivity contribution in [2.45, 2.75) is 64.6 Å². The van der Waals surface area contributed by atoms with Gasteiger partial charge < -0.3 is 15.4 Å². The minimum atomic E-state index is 0. The molecule has 0 bridgehead atoms. The molecule has 2 fully saturated rings. The second-order valence-corrected chi connectivity index (χ2v) is 7.54. The summed E-state index contributed by atoms with van der Waals surface area (Å²) in [5.41, 5.74) is 3.15. The number of guanidine groups is 1. The number of hydrogen-bond donors (Lipinski definition) is 2. The average molecular weight is 487 g/mol. The van der Waals surface area contributed by atoms with Gasteiger partial charge in [-0.3, -0.25) is 14.9 Å². The minimum absolute atomic E-state index is 0. The zero-order chi connectivity index (χ0) is 18.5.